The molecule has 0 radical (unpaired) electrons. The zero-order valence-corrected chi connectivity index (χ0v) is 19.2. The molecule has 3 rings (SSSR count). The fourth-order valence-electron chi connectivity index (χ4n) is 4.17. The van der Waals surface area contributed by atoms with Crippen molar-refractivity contribution in [2.45, 2.75) is 72.9 Å². The lowest BCUT2D eigenvalue weighted by Crippen LogP contribution is -3.06. The molecule has 0 saturated heterocycles. The molecular weight excluding hydrogens is 435 g/mol. The Labute approximate surface area is 176 Å². The molecule has 1 aromatic carbocycles. The van der Waals surface area contributed by atoms with Crippen LogP contribution in [0.5, 0.6) is 0 Å². The zero-order valence-electron chi connectivity index (χ0n) is 17.1. The number of anilines is 1. The molecule has 1 aromatic rings. The first kappa shape index (κ1) is 21.1. The van der Waals surface area contributed by atoms with E-state index in [1.807, 2.05) is 0 Å². The Morgan fingerprint density at radius 1 is 0.923 bits per heavy atom. The molecule has 5 heteroatoms. The summed E-state index contributed by atoms with van der Waals surface area (Å²) in [6.07, 6.45) is 9.74. The van der Waals surface area contributed by atoms with Crippen molar-refractivity contribution in [2.24, 2.45) is 0 Å². The highest BCUT2D eigenvalue weighted by Gasteiger charge is 2.33. The molecule has 0 saturated carbocycles. The lowest BCUT2D eigenvalue weighted by Gasteiger charge is -2.34. The molecule has 4 nitrogen and oxygen atoms in total. The Morgan fingerprint density at radius 2 is 1.58 bits per heavy atom. The molecule has 2 aliphatic heterocycles. The smallest absolute Gasteiger partial charge is 0.169 e. The van der Waals surface area contributed by atoms with Gasteiger partial charge in [0, 0.05) is 37.0 Å². The highest BCUT2D eigenvalue weighted by molar-refractivity contribution is 5.64. The third kappa shape index (κ3) is 3.60. The monoisotopic (exact) mass is 468 g/mol. The summed E-state index contributed by atoms with van der Waals surface area (Å²) in [7, 11) is 0. The summed E-state index contributed by atoms with van der Waals surface area (Å²) in [5.41, 5.74) is 4.04. The van der Waals surface area contributed by atoms with Crippen molar-refractivity contribution in [3.05, 3.63) is 48.6 Å². The zero-order chi connectivity index (χ0) is 18.3. The molecule has 144 valence electrons. The van der Waals surface area contributed by atoms with Crippen LogP contribution in [0.2, 0.25) is 0 Å². The maximum Gasteiger partial charge on any atom is 0.169 e. The van der Waals surface area contributed by atoms with Crippen LogP contribution >= 0.6 is 0 Å². The van der Waals surface area contributed by atoms with E-state index in [0.717, 1.165) is 0 Å². The normalized spacial score (nSPS) is 25.0. The summed E-state index contributed by atoms with van der Waals surface area (Å²) in [5.74, 6) is 0. The van der Waals surface area contributed by atoms with Gasteiger partial charge in [-0.25, -0.2) is 0 Å². The molecule has 1 N–H and O–H groups in total. The van der Waals surface area contributed by atoms with Gasteiger partial charge in [0.15, 0.2) is 6.17 Å². The molecular formula is C21H33IN4. The fourth-order valence-corrected chi connectivity index (χ4v) is 4.17. The molecule has 1 unspecified atom stereocenters. The van der Waals surface area contributed by atoms with E-state index in [-0.39, 0.29) is 24.0 Å². The predicted molar refractivity (Wildman–Crippen MR) is 105 cm³/mol. The van der Waals surface area contributed by atoms with Gasteiger partial charge in [-0.2, -0.15) is 0 Å². The van der Waals surface area contributed by atoms with E-state index in [9.17, 15) is 0 Å². The van der Waals surface area contributed by atoms with E-state index < -0.39 is 0 Å². The minimum Gasteiger partial charge on any atom is -1.00 e. The van der Waals surface area contributed by atoms with E-state index in [2.05, 4.69) is 106 Å². The summed E-state index contributed by atoms with van der Waals surface area (Å²) >= 11 is 0. The van der Waals surface area contributed by atoms with Crippen molar-refractivity contribution in [3.8, 4) is 0 Å². The molecule has 2 aliphatic rings. The number of nitrogens with one attached hydrogen (secondary N) is 1. The van der Waals surface area contributed by atoms with Gasteiger partial charge in [-0.15, -0.1) is 0 Å². The summed E-state index contributed by atoms with van der Waals surface area (Å²) in [5, 5.41) is 0. The molecule has 0 aromatic heterocycles. The minimum atomic E-state index is 0. The van der Waals surface area contributed by atoms with Crippen LogP contribution in [-0.2, 0) is 0 Å². The molecule has 3 atom stereocenters. The van der Waals surface area contributed by atoms with Gasteiger partial charge in [-0.1, -0.05) is 6.07 Å². The molecule has 26 heavy (non-hydrogen) atoms. The lowest BCUT2D eigenvalue weighted by atomic mass is 10.1. The Hall–Kier alpha value is -1.21. The largest absolute Gasteiger partial charge is 1.00 e. The minimum absolute atomic E-state index is 0. The van der Waals surface area contributed by atoms with Gasteiger partial charge in [-0.3, -0.25) is 4.90 Å². The molecule has 0 fully saturated rings. The van der Waals surface area contributed by atoms with E-state index in [0.29, 0.717) is 24.4 Å². The number of halogens is 1. The first-order valence-corrected chi connectivity index (χ1v) is 9.49. The lowest BCUT2D eigenvalue weighted by molar-refractivity contribution is -0.808. The predicted octanol–water partition coefficient (Wildman–Crippen LogP) is 0.404. The third-order valence-corrected chi connectivity index (χ3v) is 5.64. The maximum atomic E-state index is 2.43. The van der Waals surface area contributed by atoms with Crippen LogP contribution in [0.15, 0.2) is 43.0 Å². The maximum absolute atomic E-state index is 2.43. The summed E-state index contributed by atoms with van der Waals surface area (Å²) in [4.78, 5) is 8.64. The SMILES string of the molecule is Cc1c(N2C=CN(C(C)C)[C@H]2C)cccc1[NH+]1C=CN(C(C)C)[C@@H]1C.[I-]. The van der Waals surface area contributed by atoms with Gasteiger partial charge < -0.3 is 38.7 Å². The van der Waals surface area contributed by atoms with E-state index in [1.54, 1.807) is 0 Å². The number of quaternary nitrogens is 1. The first-order chi connectivity index (χ1) is 11.8. The Morgan fingerprint density at radius 3 is 2.12 bits per heavy atom. The van der Waals surface area contributed by atoms with Crippen molar-refractivity contribution in [3.63, 3.8) is 0 Å². The van der Waals surface area contributed by atoms with Crippen molar-refractivity contribution in [1.82, 2.24) is 9.80 Å². The van der Waals surface area contributed by atoms with Crippen molar-refractivity contribution >= 4 is 11.4 Å². The van der Waals surface area contributed by atoms with Crippen LogP contribution in [0.25, 0.3) is 0 Å². The van der Waals surface area contributed by atoms with E-state index in [1.165, 1.54) is 21.8 Å². The molecule has 0 amide bonds. The average Bonchev–Trinajstić information content (AvgIpc) is 3.11. The molecule has 0 bridgehead atoms. The number of hydrogen-bond acceptors (Lipinski definition) is 3. The molecule has 0 spiro atoms. The number of nitrogens with zero attached hydrogens (tertiary/aromatic N) is 3. The Bertz CT molecular complexity index is 628. The van der Waals surface area contributed by atoms with Crippen LogP contribution in [0.3, 0.4) is 0 Å². The second kappa shape index (κ2) is 8.21. The third-order valence-electron chi connectivity index (χ3n) is 5.64. The highest BCUT2D eigenvalue weighted by atomic mass is 127. The van der Waals surface area contributed by atoms with Gasteiger partial charge in [-0.05, 0) is 53.7 Å². The quantitative estimate of drug-likeness (QED) is 0.645. The topological polar surface area (TPSA) is 14.2 Å². The van der Waals surface area contributed by atoms with E-state index in [4.69, 9.17) is 0 Å². The average molecular weight is 468 g/mol. The van der Waals surface area contributed by atoms with Crippen LogP contribution in [-0.4, -0.2) is 34.2 Å². The van der Waals surface area contributed by atoms with Gasteiger partial charge in [0.05, 0.1) is 11.9 Å². The van der Waals surface area contributed by atoms with Crippen LogP contribution in [0, 0.1) is 6.92 Å². The summed E-state index contributed by atoms with van der Waals surface area (Å²) in [6.45, 7) is 15.8. The number of benzene rings is 1. The van der Waals surface area contributed by atoms with Crippen LogP contribution in [0.4, 0.5) is 11.4 Å². The Balaban J connectivity index is 0.00000243. The van der Waals surface area contributed by atoms with Crippen molar-refractivity contribution < 1.29 is 28.9 Å². The van der Waals surface area contributed by atoms with Crippen molar-refractivity contribution in [1.29, 1.82) is 0 Å². The van der Waals surface area contributed by atoms with Gasteiger partial charge in [0.2, 0.25) is 0 Å². The second-order valence-electron chi connectivity index (χ2n) is 7.82. The summed E-state index contributed by atoms with van der Waals surface area (Å²) < 4.78 is 0. The molecule has 2 heterocycles. The Kier molecular flexibility index (Phi) is 6.66. The fraction of sp³-hybridized carbons (Fsp3) is 0.524. The highest BCUT2D eigenvalue weighted by Crippen LogP contribution is 2.31. The van der Waals surface area contributed by atoms with Crippen LogP contribution < -0.4 is 33.8 Å². The van der Waals surface area contributed by atoms with Crippen LogP contribution in [0.1, 0.15) is 47.1 Å². The molecule has 0 aliphatic carbocycles. The van der Waals surface area contributed by atoms with Gasteiger partial charge in [0.1, 0.15) is 18.1 Å². The van der Waals surface area contributed by atoms with Gasteiger partial charge >= 0.3 is 0 Å². The van der Waals surface area contributed by atoms with Gasteiger partial charge in [0.25, 0.3) is 0 Å². The number of hydrogen-bond donors (Lipinski definition) is 1. The standard InChI is InChI=1S/C21H32N4.HI/c1-15(2)22-11-13-24(18(22)6)20-9-8-10-21(17(20)5)25-14-12-23(16(3)4)19(25)7;/h8-16,18-19H,1-7H3;1H/t18-,19+;. The summed E-state index contributed by atoms with van der Waals surface area (Å²) in [6, 6.07) is 7.73. The van der Waals surface area contributed by atoms with E-state index >= 15 is 0 Å². The second-order valence-corrected chi connectivity index (χ2v) is 7.82. The number of rotatable bonds is 4. The first-order valence-electron chi connectivity index (χ1n) is 9.49. The van der Waals surface area contributed by atoms with Crippen molar-refractivity contribution in [2.75, 3.05) is 4.90 Å².